The number of nitrogens with one attached hydrogen (secondary N) is 1. The van der Waals surface area contributed by atoms with E-state index in [0.717, 1.165) is 6.42 Å². The number of rotatable bonds is 6. The van der Waals surface area contributed by atoms with Crippen LogP contribution in [0.1, 0.15) is 32.1 Å². The van der Waals surface area contributed by atoms with Crippen molar-refractivity contribution < 1.29 is 19.5 Å². The molecule has 0 aromatic heterocycles. The number of amides is 2. The van der Waals surface area contributed by atoms with Gasteiger partial charge in [0.05, 0.1) is 11.8 Å². The Hall–Kier alpha value is -1.59. The number of nitrogens with two attached hydrogens (primary N) is 1. The molecule has 0 spiro atoms. The Morgan fingerprint density at radius 2 is 1.88 bits per heavy atom. The van der Waals surface area contributed by atoms with Crippen molar-refractivity contribution in [2.45, 2.75) is 32.1 Å². The first kappa shape index (κ1) is 13.5. The van der Waals surface area contributed by atoms with Crippen LogP contribution in [0.15, 0.2) is 0 Å². The maximum Gasteiger partial charge on any atom is 0.307 e. The molecule has 1 aliphatic carbocycles. The third-order valence-electron chi connectivity index (χ3n) is 3.07. The summed E-state index contributed by atoms with van der Waals surface area (Å²) in [6.07, 6.45) is 2.68. The van der Waals surface area contributed by atoms with Gasteiger partial charge in [0.25, 0.3) is 0 Å². The molecule has 4 N–H and O–H groups in total. The van der Waals surface area contributed by atoms with E-state index in [-0.39, 0.29) is 12.3 Å². The van der Waals surface area contributed by atoms with Gasteiger partial charge in [-0.25, -0.2) is 0 Å². The molecule has 0 heterocycles. The van der Waals surface area contributed by atoms with E-state index in [0.29, 0.717) is 25.8 Å². The summed E-state index contributed by atoms with van der Waals surface area (Å²) in [4.78, 5) is 33.1. The van der Waals surface area contributed by atoms with Crippen molar-refractivity contribution in [3.05, 3.63) is 0 Å². The first-order valence-corrected chi connectivity index (χ1v) is 5.81. The number of carboxylic acids is 1. The van der Waals surface area contributed by atoms with Gasteiger partial charge in [0.2, 0.25) is 11.8 Å². The van der Waals surface area contributed by atoms with E-state index in [1.807, 2.05) is 0 Å². The molecule has 0 aromatic carbocycles. The summed E-state index contributed by atoms with van der Waals surface area (Å²) in [6.45, 7) is 0.366. The van der Waals surface area contributed by atoms with Gasteiger partial charge in [-0.2, -0.15) is 0 Å². The molecule has 6 heteroatoms. The van der Waals surface area contributed by atoms with Gasteiger partial charge in [-0.15, -0.1) is 0 Å². The summed E-state index contributed by atoms with van der Waals surface area (Å²) in [5.74, 6) is -2.52. The highest BCUT2D eigenvalue weighted by atomic mass is 16.4. The average molecular weight is 242 g/mol. The Labute approximate surface area is 99.6 Å². The second-order valence-electron chi connectivity index (χ2n) is 4.34. The molecule has 96 valence electrons. The molecule has 1 saturated carbocycles. The number of aliphatic carboxylic acids is 1. The van der Waals surface area contributed by atoms with Gasteiger partial charge < -0.3 is 16.2 Å². The minimum atomic E-state index is -0.903. The van der Waals surface area contributed by atoms with Gasteiger partial charge in [0.15, 0.2) is 0 Å². The summed E-state index contributed by atoms with van der Waals surface area (Å²) in [5, 5.41) is 11.6. The van der Waals surface area contributed by atoms with E-state index in [1.54, 1.807) is 0 Å². The van der Waals surface area contributed by atoms with Crippen LogP contribution in [0.2, 0.25) is 0 Å². The lowest BCUT2D eigenvalue weighted by Crippen LogP contribution is -2.36. The fourth-order valence-electron chi connectivity index (χ4n) is 2.17. The lowest BCUT2D eigenvalue weighted by atomic mass is 9.95. The van der Waals surface area contributed by atoms with Crippen LogP contribution in [0.3, 0.4) is 0 Å². The number of primary amides is 1. The molecule has 0 saturated heterocycles. The predicted octanol–water partition coefficient (Wildman–Crippen LogP) is -0.131. The molecule has 0 radical (unpaired) electrons. The Morgan fingerprint density at radius 1 is 1.24 bits per heavy atom. The predicted molar refractivity (Wildman–Crippen MR) is 59.9 cm³/mol. The van der Waals surface area contributed by atoms with Crippen molar-refractivity contribution in [2.75, 3.05) is 6.54 Å². The summed E-state index contributed by atoms with van der Waals surface area (Å²) in [7, 11) is 0. The van der Waals surface area contributed by atoms with Crippen LogP contribution in [0, 0.1) is 11.8 Å². The second kappa shape index (κ2) is 6.22. The Balaban J connectivity index is 2.32. The van der Waals surface area contributed by atoms with Crippen molar-refractivity contribution >= 4 is 17.8 Å². The zero-order valence-electron chi connectivity index (χ0n) is 9.65. The van der Waals surface area contributed by atoms with Gasteiger partial charge in [-0.05, 0) is 19.3 Å². The quantitative estimate of drug-likeness (QED) is 0.563. The molecule has 2 atom stereocenters. The first-order chi connectivity index (χ1) is 8.02. The van der Waals surface area contributed by atoms with Crippen LogP contribution in [0.25, 0.3) is 0 Å². The molecule has 6 nitrogen and oxygen atoms in total. The van der Waals surface area contributed by atoms with Crippen molar-refractivity contribution in [1.29, 1.82) is 0 Å². The molecule has 2 amide bonds. The largest absolute Gasteiger partial charge is 0.481 e. The van der Waals surface area contributed by atoms with E-state index in [9.17, 15) is 14.4 Å². The van der Waals surface area contributed by atoms with E-state index in [2.05, 4.69) is 5.32 Å². The van der Waals surface area contributed by atoms with E-state index < -0.39 is 23.7 Å². The Bertz CT molecular complexity index is 317. The van der Waals surface area contributed by atoms with Gasteiger partial charge in [0, 0.05) is 13.0 Å². The van der Waals surface area contributed by atoms with Crippen LogP contribution in [-0.2, 0) is 14.4 Å². The van der Waals surface area contributed by atoms with Crippen molar-refractivity contribution in [1.82, 2.24) is 5.32 Å². The van der Waals surface area contributed by atoms with Gasteiger partial charge in [-0.1, -0.05) is 6.42 Å². The minimum absolute atomic E-state index is 0.223. The van der Waals surface area contributed by atoms with Crippen molar-refractivity contribution in [3.63, 3.8) is 0 Å². The molecule has 17 heavy (non-hydrogen) atoms. The monoisotopic (exact) mass is 242 g/mol. The third-order valence-corrected chi connectivity index (χ3v) is 3.07. The molecule has 1 fully saturated rings. The lowest BCUT2D eigenvalue weighted by Gasteiger charge is -2.15. The molecular formula is C11H18N2O4. The smallest absolute Gasteiger partial charge is 0.307 e. The van der Waals surface area contributed by atoms with Crippen LogP contribution >= 0.6 is 0 Å². The summed E-state index contributed by atoms with van der Waals surface area (Å²) in [6, 6.07) is 0. The van der Waals surface area contributed by atoms with E-state index in [1.165, 1.54) is 0 Å². The van der Waals surface area contributed by atoms with Crippen molar-refractivity contribution in [3.8, 4) is 0 Å². The number of carbonyl (C=O) groups excluding carboxylic acids is 2. The van der Waals surface area contributed by atoms with Crippen molar-refractivity contribution in [2.24, 2.45) is 17.6 Å². The Morgan fingerprint density at radius 3 is 2.47 bits per heavy atom. The highest BCUT2D eigenvalue weighted by molar-refractivity contribution is 5.85. The maximum atomic E-state index is 11.7. The van der Waals surface area contributed by atoms with Gasteiger partial charge in [0.1, 0.15) is 0 Å². The Kier molecular flexibility index (Phi) is 4.93. The lowest BCUT2D eigenvalue weighted by molar-refractivity contribution is -0.146. The van der Waals surface area contributed by atoms with Gasteiger partial charge >= 0.3 is 5.97 Å². The molecule has 0 unspecified atom stereocenters. The standard InChI is InChI=1S/C11H18N2O4/c12-9(14)5-2-6-13-10(15)7-3-1-4-8(7)11(16)17/h7-8H,1-6H2,(H2,12,14)(H,13,15)(H,16,17)/t7-,8+/m1/s1. The fraction of sp³-hybridized carbons (Fsp3) is 0.727. The summed E-state index contributed by atoms with van der Waals surface area (Å²) in [5.41, 5.74) is 4.96. The van der Waals surface area contributed by atoms with Crippen LogP contribution < -0.4 is 11.1 Å². The van der Waals surface area contributed by atoms with Crippen LogP contribution in [-0.4, -0.2) is 29.4 Å². The summed E-state index contributed by atoms with van der Waals surface area (Å²) >= 11 is 0. The second-order valence-corrected chi connectivity index (χ2v) is 4.34. The fourth-order valence-corrected chi connectivity index (χ4v) is 2.17. The minimum Gasteiger partial charge on any atom is -0.481 e. The maximum absolute atomic E-state index is 11.7. The van der Waals surface area contributed by atoms with E-state index >= 15 is 0 Å². The molecule has 0 aliphatic heterocycles. The highest BCUT2D eigenvalue weighted by Crippen LogP contribution is 2.31. The zero-order valence-corrected chi connectivity index (χ0v) is 9.65. The number of hydrogen-bond acceptors (Lipinski definition) is 3. The topological polar surface area (TPSA) is 109 Å². The normalized spacial score (nSPS) is 23.3. The van der Waals surface area contributed by atoms with Gasteiger partial charge in [-0.3, -0.25) is 14.4 Å². The third kappa shape index (κ3) is 4.05. The number of hydrogen-bond donors (Lipinski definition) is 3. The molecule has 1 aliphatic rings. The van der Waals surface area contributed by atoms with Crippen LogP contribution in [0.5, 0.6) is 0 Å². The molecule has 1 rings (SSSR count). The SMILES string of the molecule is NC(=O)CCCNC(=O)[C@@H]1CCC[C@@H]1C(=O)O. The highest BCUT2D eigenvalue weighted by Gasteiger charge is 2.37. The first-order valence-electron chi connectivity index (χ1n) is 5.81. The molecular weight excluding hydrogens is 224 g/mol. The molecule has 0 aromatic rings. The summed E-state index contributed by atoms with van der Waals surface area (Å²) < 4.78 is 0. The average Bonchev–Trinajstić information content (AvgIpc) is 2.72. The number of carboxylic acid groups (broad SMARTS) is 1. The number of carbonyl (C=O) groups is 3. The van der Waals surface area contributed by atoms with E-state index in [4.69, 9.17) is 10.8 Å². The molecule has 0 bridgehead atoms. The zero-order chi connectivity index (χ0) is 12.8. The van der Waals surface area contributed by atoms with Crippen LogP contribution in [0.4, 0.5) is 0 Å².